The van der Waals surface area contributed by atoms with Crippen molar-refractivity contribution >= 4 is 40.7 Å². The summed E-state index contributed by atoms with van der Waals surface area (Å²) in [6, 6.07) is 12.2. The Kier molecular flexibility index (Phi) is 5.84. The highest BCUT2D eigenvalue weighted by molar-refractivity contribution is 6.35. The predicted octanol–water partition coefficient (Wildman–Crippen LogP) is 4.56. The Labute approximate surface area is 162 Å². The SMILES string of the molecule is CC1CC1C(=O)Nc1ccc(C(=O)NCCc2ccc(Cl)cc2Cl)cc1. The second-order valence-electron chi connectivity index (χ2n) is 6.63. The Hall–Kier alpha value is -2.04. The molecule has 1 fully saturated rings. The van der Waals surface area contributed by atoms with Gasteiger partial charge in [0.05, 0.1) is 0 Å². The van der Waals surface area contributed by atoms with Crippen molar-refractivity contribution in [3.63, 3.8) is 0 Å². The van der Waals surface area contributed by atoms with Gasteiger partial charge in [-0.05, 0) is 60.7 Å². The zero-order chi connectivity index (χ0) is 18.7. The molecule has 0 bridgehead atoms. The second kappa shape index (κ2) is 8.11. The third-order valence-electron chi connectivity index (χ3n) is 4.56. The van der Waals surface area contributed by atoms with E-state index in [-0.39, 0.29) is 17.7 Å². The van der Waals surface area contributed by atoms with Crippen LogP contribution in [0.3, 0.4) is 0 Å². The number of carbonyl (C=O) groups is 2. The van der Waals surface area contributed by atoms with Gasteiger partial charge in [-0.2, -0.15) is 0 Å². The summed E-state index contributed by atoms with van der Waals surface area (Å²) in [6.07, 6.45) is 1.57. The molecule has 1 saturated carbocycles. The van der Waals surface area contributed by atoms with Gasteiger partial charge in [-0.15, -0.1) is 0 Å². The predicted molar refractivity (Wildman–Crippen MR) is 105 cm³/mol. The van der Waals surface area contributed by atoms with Gasteiger partial charge < -0.3 is 10.6 Å². The van der Waals surface area contributed by atoms with Crippen LogP contribution in [0.2, 0.25) is 10.0 Å². The summed E-state index contributed by atoms with van der Waals surface area (Å²) in [5.41, 5.74) is 2.19. The molecule has 0 saturated heterocycles. The molecule has 4 nitrogen and oxygen atoms in total. The molecule has 3 rings (SSSR count). The Bertz CT molecular complexity index is 821. The molecule has 2 N–H and O–H groups in total. The van der Waals surface area contributed by atoms with Gasteiger partial charge in [0.1, 0.15) is 0 Å². The lowest BCUT2D eigenvalue weighted by atomic mass is 10.1. The monoisotopic (exact) mass is 390 g/mol. The first kappa shape index (κ1) is 18.7. The van der Waals surface area contributed by atoms with E-state index in [1.54, 1.807) is 36.4 Å². The van der Waals surface area contributed by atoms with E-state index in [9.17, 15) is 9.59 Å². The van der Waals surface area contributed by atoms with Crippen LogP contribution in [0.15, 0.2) is 42.5 Å². The summed E-state index contributed by atoms with van der Waals surface area (Å²) in [5.74, 6) is 0.477. The minimum atomic E-state index is -0.163. The number of halogens is 2. The molecule has 26 heavy (non-hydrogen) atoms. The fraction of sp³-hybridized carbons (Fsp3) is 0.300. The Morgan fingerprint density at radius 1 is 1.12 bits per heavy atom. The zero-order valence-corrected chi connectivity index (χ0v) is 15.9. The third kappa shape index (κ3) is 4.77. The van der Waals surface area contributed by atoms with Crippen LogP contribution < -0.4 is 10.6 Å². The standard InChI is InChI=1S/C20H20Cl2N2O2/c1-12-10-17(12)20(26)24-16-6-3-14(4-7-16)19(25)23-9-8-13-2-5-15(21)11-18(13)22/h2-7,11-12,17H,8-10H2,1H3,(H,23,25)(H,24,26). The first-order chi connectivity index (χ1) is 12.4. The summed E-state index contributed by atoms with van der Waals surface area (Å²) in [6.45, 7) is 2.53. The number of hydrogen-bond acceptors (Lipinski definition) is 2. The maximum absolute atomic E-state index is 12.2. The molecule has 6 heteroatoms. The largest absolute Gasteiger partial charge is 0.352 e. The van der Waals surface area contributed by atoms with E-state index in [0.29, 0.717) is 40.2 Å². The van der Waals surface area contributed by atoms with Gasteiger partial charge in [0, 0.05) is 33.8 Å². The molecule has 2 amide bonds. The molecule has 0 spiro atoms. The normalized spacial score (nSPS) is 18.3. The minimum absolute atomic E-state index is 0.0505. The van der Waals surface area contributed by atoms with Gasteiger partial charge in [0.25, 0.3) is 5.91 Å². The van der Waals surface area contributed by atoms with Crippen molar-refractivity contribution in [1.82, 2.24) is 5.32 Å². The molecule has 0 heterocycles. The molecule has 2 aromatic carbocycles. The molecule has 0 aliphatic heterocycles. The van der Waals surface area contributed by atoms with E-state index in [4.69, 9.17) is 23.2 Å². The van der Waals surface area contributed by atoms with Crippen LogP contribution in [0.5, 0.6) is 0 Å². The van der Waals surface area contributed by atoms with Crippen molar-refractivity contribution in [3.05, 3.63) is 63.6 Å². The Morgan fingerprint density at radius 3 is 2.42 bits per heavy atom. The average Bonchev–Trinajstić information content (AvgIpc) is 3.34. The molecule has 0 aromatic heterocycles. The van der Waals surface area contributed by atoms with Crippen molar-refractivity contribution in [2.24, 2.45) is 11.8 Å². The molecular formula is C20H20Cl2N2O2. The van der Waals surface area contributed by atoms with Gasteiger partial charge in [0.15, 0.2) is 0 Å². The van der Waals surface area contributed by atoms with E-state index in [2.05, 4.69) is 17.6 Å². The van der Waals surface area contributed by atoms with Crippen LogP contribution in [0, 0.1) is 11.8 Å². The number of carbonyl (C=O) groups excluding carboxylic acids is 2. The number of anilines is 1. The van der Waals surface area contributed by atoms with Crippen molar-refractivity contribution in [3.8, 4) is 0 Å². The Morgan fingerprint density at radius 2 is 1.81 bits per heavy atom. The lowest BCUT2D eigenvalue weighted by Crippen LogP contribution is -2.25. The molecular weight excluding hydrogens is 371 g/mol. The fourth-order valence-electron chi connectivity index (χ4n) is 2.76. The van der Waals surface area contributed by atoms with Crippen LogP contribution in [-0.4, -0.2) is 18.4 Å². The number of rotatable bonds is 6. The number of hydrogen-bond donors (Lipinski definition) is 2. The maximum atomic E-state index is 12.2. The average molecular weight is 391 g/mol. The molecule has 0 radical (unpaired) electrons. The number of benzene rings is 2. The van der Waals surface area contributed by atoms with Crippen LogP contribution >= 0.6 is 23.2 Å². The minimum Gasteiger partial charge on any atom is -0.352 e. The number of nitrogens with one attached hydrogen (secondary N) is 2. The highest BCUT2D eigenvalue weighted by atomic mass is 35.5. The van der Waals surface area contributed by atoms with Crippen molar-refractivity contribution in [2.75, 3.05) is 11.9 Å². The first-order valence-corrected chi connectivity index (χ1v) is 9.32. The van der Waals surface area contributed by atoms with E-state index >= 15 is 0 Å². The maximum Gasteiger partial charge on any atom is 0.251 e. The Balaban J connectivity index is 1.49. The topological polar surface area (TPSA) is 58.2 Å². The van der Waals surface area contributed by atoms with Gasteiger partial charge in [-0.3, -0.25) is 9.59 Å². The summed E-state index contributed by atoms with van der Waals surface area (Å²) in [4.78, 5) is 24.1. The molecule has 2 unspecified atom stereocenters. The lowest BCUT2D eigenvalue weighted by Gasteiger charge is -2.08. The first-order valence-electron chi connectivity index (χ1n) is 8.57. The van der Waals surface area contributed by atoms with Crippen molar-refractivity contribution in [2.45, 2.75) is 19.8 Å². The smallest absolute Gasteiger partial charge is 0.251 e. The van der Waals surface area contributed by atoms with Gasteiger partial charge >= 0.3 is 0 Å². The fourth-order valence-corrected chi connectivity index (χ4v) is 3.27. The zero-order valence-electron chi connectivity index (χ0n) is 14.4. The van der Waals surface area contributed by atoms with E-state index in [0.717, 1.165) is 12.0 Å². The highest BCUT2D eigenvalue weighted by Gasteiger charge is 2.39. The van der Waals surface area contributed by atoms with Gasteiger partial charge in [-0.1, -0.05) is 36.2 Å². The summed E-state index contributed by atoms with van der Waals surface area (Å²) >= 11 is 12.0. The highest BCUT2D eigenvalue weighted by Crippen LogP contribution is 2.38. The van der Waals surface area contributed by atoms with Crippen LogP contribution in [0.4, 0.5) is 5.69 Å². The molecule has 2 atom stereocenters. The van der Waals surface area contributed by atoms with Crippen LogP contribution in [0.1, 0.15) is 29.3 Å². The summed E-state index contributed by atoms with van der Waals surface area (Å²) in [5, 5.41) is 6.93. The quantitative estimate of drug-likeness (QED) is 0.759. The molecule has 2 aromatic rings. The second-order valence-corrected chi connectivity index (χ2v) is 7.47. The third-order valence-corrected chi connectivity index (χ3v) is 5.14. The van der Waals surface area contributed by atoms with Gasteiger partial charge in [-0.25, -0.2) is 0 Å². The van der Waals surface area contributed by atoms with Crippen molar-refractivity contribution in [1.29, 1.82) is 0 Å². The lowest BCUT2D eigenvalue weighted by molar-refractivity contribution is -0.117. The van der Waals surface area contributed by atoms with Gasteiger partial charge in [0.2, 0.25) is 5.91 Å². The van der Waals surface area contributed by atoms with E-state index < -0.39 is 0 Å². The summed E-state index contributed by atoms with van der Waals surface area (Å²) in [7, 11) is 0. The van der Waals surface area contributed by atoms with Crippen molar-refractivity contribution < 1.29 is 9.59 Å². The molecule has 1 aliphatic rings. The van der Waals surface area contributed by atoms with Crippen LogP contribution in [0.25, 0.3) is 0 Å². The number of amides is 2. The van der Waals surface area contributed by atoms with Crippen LogP contribution in [-0.2, 0) is 11.2 Å². The molecule has 1 aliphatic carbocycles. The molecule has 136 valence electrons. The summed E-state index contributed by atoms with van der Waals surface area (Å²) < 4.78 is 0. The van der Waals surface area contributed by atoms with E-state index in [1.165, 1.54) is 0 Å². The van der Waals surface area contributed by atoms with E-state index in [1.807, 2.05) is 6.07 Å².